The van der Waals surface area contributed by atoms with Gasteiger partial charge in [0.25, 0.3) is 5.60 Å². The number of fused-ring (bicyclic) bond motifs is 1. The van der Waals surface area contributed by atoms with Crippen molar-refractivity contribution in [2.24, 2.45) is 5.16 Å². The molecule has 0 bridgehead atoms. The normalized spacial score (nSPS) is 22.5. The lowest BCUT2D eigenvalue weighted by atomic mass is 9.85. The molecule has 2 aromatic carbocycles. The molecule has 0 fully saturated rings. The van der Waals surface area contributed by atoms with Gasteiger partial charge in [-0.05, 0) is 47.7 Å². The summed E-state index contributed by atoms with van der Waals surface area (Å²) in [4.78, 5) is 16.6. The van der Waals surface area contributed by atoms with Crippen LogP contribution in [0.25, 0.3) is 0 Å². The topological polar surface area (TPSA) is 50.7 Å². The number of nitrogens with one attached hydrogen (secondary N) is 1. The predicted molar refractivity (Wildman–Crippen MR) is 107 cm³/mol. The average molecular weight is 470 g/mol. The van der Waals surface area contributed by atoms with Gasteiger partial charge in [0.05, 0.1) is 17.3 Å². The molecular weight excluding hydrogens is 450 g/mol. The van der Waals surface area contributed by atoms with Crippen molar-refractivity contribution in [3.63, 3.8) is 0 Å². The largest absolute Gasteiger partial charge is 0.435 e. The summed E-state index contributed by atoms with van der Waals surface area (Å²) in [6, 6.07) is 7.91. The first-order valence-electron chi connectivity index (χ1n) is 10.4. The van der Waals surface area contributed by atoms with Gasteiger partial charge >= 0.3 is 12.4 Å². The van der Waals surface area contributed by atoms with Crippen LogP contribution in [0.3, 0.4) is 0 Å². The Hall–Kier alpha value is -3.04. The summed E-state index contributed by atoms with van der Waals surface area (Å²) in [5, 5.41) is 6.56. The summed E-state index contributed by atoms with van der Waals surface area (Å²) in [5.41, 5.74) is -2.71. The fourth-order valence-electron chi connectivity index (χ4n) is 4.25. The molecule has 2 atom stereocenters. The number of hydrogen-bond donors (Lipinski definition) is 1. The summed E-state index contributed by atoms with van der Waals surface area (Å²) < 4.78 is 81.7. The van der Waals surface area contributed by atoms with Crippen molar-refractivity contribution < 1.29 is 36.0 Å². The molecule has 1 heterocycles. The monoisotopic (exact) mass is 470 g/mol. The summed E-state index contributed by atoms with van der Waals surface area (Å²) in [6.07, 6.45) is -8.92. The Balaban J connectivity index is 1.64. The third-order valence-electron chi connectivity index (χ3n) is 6.05. The van der Waals surface area contributed by atoms with Crippen LogP contribution in [-0.4, -0.2) is 17.8 Å². The number of amides is 1. The molecule has 0 saturated carbocycles. The minimum Gasteiger partial charge on any atom is -0.374 e. The number of rotatable bonds is 4. The number of halogens is 6. The van der Waals surface area contributed by atoms with Gasteiger partial charge < -0.3 is 10.2 Å². The Morgan fingerprint density at radius 1 is 1.15 bits per heavy atom. The van der Waals surface area contributed by atoms with E-state index < -0.39 is 35.5 Å². The molecule has 176 valence electrons. The van der Waals surface area contributed by atoms with Crippen molar-refractivity contribution in [3.8, 4) is 0 Å². The summed E-state index contributed by atoms with van der Waals surface area (Å²) in [7, 11) is 0. The van der Waals surface area contributed by atoms with E-state index in [2.05, 4.69) is 10.5 Å². The molecule has 0 aromatic heterocycles. The number of benzene rings is 2. The molecule has 2 aromatic rings. The molecule has 0 spiro atoms. The van der Waals surface area contributed by atoms with Crippen LogP contribution in [0.15, 0.2) is 47.6 Å². The maximum absolute atomic E-state index is 14.1. The van der Waals surface area contributed by atoms with Gasteiger partial charge in [0.1, 0.15) is 0 Å². The quantitative estimate of drug-likeness (QED) is 0.575. The fourth-order valence-corrected chi connectivity index (χ4v) is 4.25. The number of alkyl halides is 6. The van der Waals surface area contributed by atoms with E-state index in [4.69, 9.17) is 4.84 Å². The van der Waals surface area contributed by atoms with Crippen molar-refractivity contribution in [2.75, 3.05) is 0 Å². The Kier molecular flexibility index (Phi) is 5.66. The Morgan fingerprint density at radius 3 is 2.58 bits per heavy atom. The Bertz CT molecular complexity index is 1110. The van der Waals surface area contributed by atoms with E-state index in [1.165, 1.54) is 0 Å². The van der Waals surface area contributed by atoms with E-state index in [1.807, 2.05) is 0 Å². The first-order valence-corrected chi connectivity index (χ1v) is 10.4. The summed E-state index contributed by atoms with van der Waals surface area (Å²) >= 11 is 0. The minimum absolute atomic E-state index is 0.00594. The van der Waals surface area contributed by atoms with Crippen LogP contribution in [0.1, 0.15) is 60.0 Å². The molecule has 1 aliphatic carbocycles. The van der Waals surface area contributed by atoms with Crippen LogP contribution < -0.4 is 5.32 Å². The van der Waals surface area contributed by atoms with Gasteiger partial charge in [-0.3, -0.25) is 4.79 Å². The van der Waals surface area contributed by atoms with Gasteiger partial charge in [0.15, 0.2) is 0 Å². The van der Waals surface area contributed by atoms with Crippen LogP contribution in [0.5, 0.6) is 0 Å². The third kappa shape index (κ3) is 4.18. The zero-order valence-electron chi connectivity index (χ0n) is 17.5. The zero-order chi connectivity index (χ0) is 24.0. The van der Waals surface area contributed by atoms with Crippen LogP contribution in [0.4, 0.5) is 26.3 Å². The highest BCUT2D eigenvalue weighted by molar-refractivity contribution is 6.02. The van der Waals surface area contributed by atoms with Gasteiger partial charge in [-0.1, -0.05) is 36.3 Å². The van der Waals surface area contributed by atoms with Crippen LogP contribution >= 0.6 is 0 Å². The van der Waals surface area contributed by atoms with E-state index in [-0.39, 0.29) is 17.7 Å². The molecular formula is C23H20F6N2O2. The van der Waals surface area contributed by atoms with Gasteiger partial charge in [0.2, 0.25) is 5.91 Å². The lowest BCUT2D eigenvalue weighted by Crippen LogP contribution is -2.42. The van der Waals surface area contributed by atoms with E-state index in [9.17, 15) is 31.1 Å². The highest BCUT2D eigenvalue weighted by Gasteiger charge is 2.62. The lowest BCUT2D eigenvalue weighted by Gasteiger charge is -2.30. The van der Waals surface area contributed by atoms with Crippen molar-refractivity contribution in [3.05, 3.63) is 70.3 Å². The van der Waals surface area contributed by atoms with Gasteiger partial charge in [-0.25, -0.2) is 0 Å². The SMILES string of the molecule is CCC(=O)N[C@@H]1CCc2cc(C3=NO[C@](c4cccc(C(F)(F)F)c4)(C(F)(F)F)C3)ccc21. The number of nitrogens with zero attached hydrogens (tertiary/aromatic N) is 1. The third-order valence-corrected chi connectivity index (χ3v) is 6.05. The Labute approximate surface area is 185 Å². The molecule has 0 radical (unpaired) electrons. The number of carbonyl (C=O) groups is 1. The van der Waals surface area contributed by atoms with Gasteiger partial charge in [-0.2, -0.15) is 26.3 Å². The van der Waals surface area contributed by atoms with Crippen molar-refractivity contribution in [1.29, 1.82) is 0 Å². The Morgan fingerprint density at radius 2 is 1.91 bits per heavy atom. The van der Waals surface area contributed by atoms with Gasteiger partial charge in [-0.15, -0.1) is 0 Å². The molecule has 4 rings (SSSR count). The summed E-state index contributed by atoms with van der Waals surface area (Å²) in [6.45, 7) is 1.74. The first kappa shape index (κ1) is 23.1. The highest BCUT2D eigenvalue weighted by atomic mass is 19.4. The van der Waals surface area contributed by atoms with Crippen LogP contribution in [0.2, 0.25) is 0 Å². The van der Waals surface area contributed by atoms with E-state index in [0.717, 1.165) is 23.3 Å². The molecule has 4 nitrogen and oxygen atoms in total. The molecule has 1 aliphatic heterocycles. The summed E-state index contributed by atoms with van der Waals surface area (Å²) in [5.74, 6) is -0.0958. The molecule has 0 unspecified atom stereocenters. The smallest absolute Gasteiger partial charge is 0.374 e. The molecule has 2 aliphatic rings. The highest BCUT2D eigenvalue weighted by Crippen LogP contribution is 2.49. The fraction of sp³-hybridized carbons (Fsp3) is 0.391. The van der Waals surface area contributed by atoms with Crippen LogP contribution in [0, 0.1) is 0 Å². The number of hydrogen-bond acceptors (Lipinski definition) is 3. The molecule has 0 saturated heterocycles. The molecule has 33 heavy (non-hydrogen) atoms. The van der Waals surface area contributed by atoms with Crippen molar-refractivity contribution >= 4 is 11.6 Å². The van der Waals surface area contributed by atoms with Crippen molar-refractivity contribution in [2.45, 2.75) is 56.6 Å². The van der Waals surface area contributed by atoms with Crippen molar-refractivity contribution in [1.82, 2.24) is 5.32 Å². The minimum atomic E-state index is -5.01. The molecule has 10 heteroatoms. The van der Waals surface area contributed by atoms with E-state index >= 15 is 0 Å². The standard InChI is InChI=1S/C23H20F6N2O2/c1-2-20(32)30-18-9-7-13-10-14(6-8-17(13)18)19-12-21(33-31-19,23(27,28)29)15-4-3-5-16(11-15)22(24,25)26/h3-6,8,10-11,18H,2,7,9,12H2,1H3,(H,30,32)/t18-,21-/m1/s1. The second-order valence-corrected chi connectivity index (χ2v) is 8.14. The van der Waals surface area contributed by atoms with Crippen LogP contribution in [-0.2, 0) is 27.8 Å². The van der Waals surface area contributed by atoms with E-state index in [1.54, 1.807) is 25.1 Å². The lowest BCUT2D eigenvalue weighted by molar-refractivity contribution is -0.276. The number of carbonyl (C=O) groups excluding carboxylic acids is 1. The van der Waals surface area contributed by atoms with Gasteiger partial charge in [0, 0.05) is 18.4 Å². The number of aryl methyl sites for hydroxylation is 1. The second kappa shape index (κ2) is 8.07. The first-order chi connectivity index (χ1) is 15.4. The molecule has 1 N–H and O–H groups in total. The maximum atomic E-state index is 14.1. The number of oxime groups is 1. The molecule has 1 amide bonds. The second-order valence-electron chi connectivity index (χ2n) is 8.14. The zero-order valence-corrected chi connectivity index (χ0v) is 17.5. The average Bonchev–Trinajstić information content (AvgIpc) is 3.38. The maximum Gasteiger partial charge on any atom is 0.435 e. The van der Waals surface area contributed by atoms with E-state index in [0.29, 0.717) is 37.0 Å². The predicted octanol–water partition coefficient (Wildman–Crippen LogP) is 5.80.